The number of nitrogens with one attached hydrogen (secondary N) is 1. The van der Waals surface area contributed by atoms with Gasteiger partial charge in [-0.1, -0.05) is 30.3 Å². The van der Waals surface area contributed by atoms with Gasteiger partial charge >= 0.3 is 0 Å². The van der Waals surface area contributed by atoms with Gasteiger partial charge in [-0.25, -0.2) is 5.06 Å². The summed E-state index contributed by atoms with van der Waals surface area (Å²) in [6, 6.07) is 9.48. The van der Waals surface area contributed by atoms with Gasteiger partial charge in [0.1, 0.15) is 13.2 Å². The van der Waals surface area contributed by atoms with Crippen LogP contribution in [0, 0.1) is 0 Å². The van der Waals surface area contributed by atoms with Crippen LogP contribution in [-0.2, 0) is 21.0 Å². The number of benzene rings is 1. The van der Waals surface area contributed by atoms with Gasteiger partial charge in [0, 0.05) is 0 Å². The first-order chi connectivity index (χ1) is 7.75. The van der Waals surface area contributed by atoms with Crippen LogP contribution in [0.2, 0.25) is 0 Å². The Labute approximate surface area is 93.0 Å². The highest BCUT2D eigenvalue weighted by Gasteiger charge is 2.23. The van der Waals surface area contributed by atoms with E-state index in [1.54, 1.807) is 0 Å². The summed E-state index contributed by atoms with van der Waals surface area (Å²) in [6.07, 6.45) is 0. The van der Waals surface area contributed by atoms with Crippen LogP contribution in [0.3, 0.4) is 0 Å². The lowest BCUT2D eigenvalue weighted by molar-refractivity contribution is -0.196. The fourth-order valence-corrected chi connectivity index (χ4v) is 1.38. The molecule has 2 rings (SSSR count). The topological polar surface area (TPSA) is 58.6 Å². The predicted molar refractivity (Wildman–Crippen MR) is 56.0 cm³/mol. The van der Waals surface area contributed by atoms with E-state index in [4.69, 9.17) is 4.84 Å². The zero-order chi connectivity index (χ0) is 11.4. The third-order valence-electron chi connectivity index (χ3n) is 2.23. The Bertz CT molecular complexity index is 391. The SMILES string of the molecule is O=C1CN(OCc2ccccc2)C(=O)CN1. The summed E-state index contributed by atoms with van der Waals surface area (Å²) in [5, 5.41) is 3.55. The maximum atomic E-state index is 11.3. The van der Waals surface area contributed by atoms with Gasteiger partial charge in [0.25, 0.3) is 5.91 Å². The molecule has 0 bridgehead atoms. The molecule has 1 heterocycles. The molecule has 2 amide bonds. The van der Waals surface area contributed by atoms with Crippen LogP contribution in [0.5, 0.6) is 0 Å². The standard InChI is InChI=1S/C11H12N2O3/c14-10-7-13(11(15)6-12-10)16-8-9-4-2-1-3-5-9/h1-5H,6-8H2,(H,12,14). The number of piperazine rings is 1. The van der Waals surface area contributed by atoms with E-state index in [2.05, 4.69) is 5.32 Å². The zero-order valence-electron chi connectivity index (χ0n) is 8.68. The highest BCUT2D eigenvalue weighted by molar-refractivity contribution is 5.91. The van der Waals surface area contributed by atoms with Crippen molar-refractivity contribution in [1.82, 2.24) is 10.4 Å². The van der Waals surface area contributed by atoms with Crippen molar-refractivity contribution in [2.45, 2.75) is 6.61 Å². The number of hydrogen-bond donors (Lipinski definition) is 1. The molecule has 0 spiro atoms. The van der Waals surface area contributed by atoms with Crippen molar-refractivity contribution in [3.63, 3.8) is 0 Å². The Hall–Kier alpha value is -1.88. The summed E-state index contributed by atoms with van der Waals surface area (Å²) in [5.74, 6) is -0.428. The van der Waals surface area contributed by atoms with E-state index in [0.717, 1.165) is 10.6 Å². The molecule has 0 saturated carbocycles. The lowest BCUT2D eigenvalue weighted by Gasteiger charge is -2.25. The van der Waals surface area contributed by atoms with Crippen molar-refractivity contribution in [2.75, 3.05) is 13.1 Å². The van der Waals surface area contributed by atoms with Crippen LogP contribution in [-0.4, -0.2) is 30.0 Å². The third-order valence-corrected chi connectivity index (χ3v) is 2.23. The molecule has 5 heteroatoms. The maximum absolute atomic E-state index is 11.3. The molecule has 1 aromatic rings. The van der Waals surface area contributed by atoms with Crippen molar-refractivity contribution in [3.05, 3.63) is 35.9 Å². The Morgan fingerprint density at radius 1 is 1.25 bits per heavy atom. The Morgan fingerprint density at radius 2 is 2.00 bits per heavy atom. The smallest absolute Gasteiger partial charge is 0.265 e. The summed E-state index contributed by atoms with van der Waals surface area (Å²) < 4.78 is 0. The molecule has 1 saturated heterocycles. The lowest BCUT2D eigenvalue weighted by atomic mass is 10.2. The molecule has 1 N–H and O–H groups in total. The van der Waals surface area contributed by atoms with Gasteiger partial charge in [0.15, 0.2) is 0 Å². The van der Waals surface area contributed by atoms with E-state index in [9.17, 15) is 9.59 Å². The predicted octanol–water partition coefficient (Wildman–Crippen LogP) is 0.0766. The molecule has 1 aliphatic heterocycles. The second kappa shape index (κ2) is 4.76. The molecule has 1 fully saturated rings. The quantitative estimate of drug-likeness (QED) is 0.784. The van der Waals surface area contributed by atoms with E-state index in [0.29, 0.717) is 6.61 Å². The van der Waals surface area contributed by atoms with Crippen molar-refractivity contribution in [2.24, 2.45) is 0 Å². The van der Waals surface area contributed by atoms with Gasteiger partial charge < -0.3 is 5.32 Å². The fourth-order valence-electron chi connectivity index (χ4n) is 1.38. The molecule has 0 aromatic heterocycles. The van der Waals surface area contributed by atoms with Crippen LogP contribution in [0.15, 0.2) is 30.3 Å². The average Bonchev–Trinajstić information content (AvgIpc) is 2.32. The second-order valence-electron chi connectivity index (χ2n) is 3.47. The van der Waals surface area contributed by atoms with Crippen LogP contribution >= 0.6 is 0 Å². The highest BCUT2D eigenvalue weighted by Crippen LogP contribution is 2.04. The fraction of sp³-hybridized carbons (Fsp3) is 0.273. The number of hydroxylamine groups is 2. The van der Waals surface area contributed by atoms with Gasteiger partial charge in [-0.15, -0.1) is 0 Å². The molecular weight excluding hydrogens is 208 g/mol. The molecule has 0 radical (unpaired) electrons. The van der Waals surface area contributed by atoms with Gasteiger partial charge in [0.05, 0.1) is 6.54 Å². The molecule has 1 aliphatic rings. The first kappa shape index (κ1) is 10.6. The molecule has 0 atom stereocenters. The molecule has 0 aliphatic carbocycles. The summed E-state index contributed by atoms with van der Waals surface area (Å²) in [4.78, 5) is 27.7. The number of rotatable bonds is 3. The van der Waals surface area contributed by atoms with Gasteiger partial charge in [0.2, 0.25) is 5.91 Å². The zero-order valence-corrected chi connectivity index (χ0v) is 8.68. The minimum absolute atomic E-state index is 0.00756. The number of amides is 2. The number of carbonyl (C=O) groups is 2. The highest BCUT2D eigenvalue weighted by atomic mass is 16.7. The maximum Gasteiger partial charge on any atom is 0.265 e. The number of nitrogens with zero attached hydrogens (tertiary/aromatic N) is 1. The van der Waals surface area contributed by atoms with E-state index in [1.165, 1.54) is 0 Å². The van der Waals surface area contributed by atoms with Gasteiger partial charge in [-0.3, -0.25) is 14.4 Å². The first-order valence-electron chi connectivity index (χ1n) is 4.99. The number of hydrogen-bond acceptors (Lipinski definition) is 3. The largest absolute Gasteiger partial charge is 0.345 e. The van der Waals surface area contributed by atoms with Gasteiger partial charge in [-0.05, 0) is 5.56 Å². The van der Waals surface area contributed by atoms with E-state index in [1.807, 2.05) is 30.3 Å². The second-order valence-corrected chi connectivity index (χ2v) is 3.47. The van der Waals surface area contributed by atoms with Crippen LogP contribution < -0.4 is 5.32 Å². The molecule has 5 nitrogen and oxygen atoms in total. The average molecular weight is 220 g/mol. The minimum atomic E-state index is -0.226. The summed E-state index contributed by atoms with van der Waals surface area (Å²) >= 11 is 0. The molecule has 84 valence electrons. The number of carbonyl (C=O) groups excluding carboxylic acids is 2. The van der Waals surface area contributed by atoms with Crippen molar-refractivity contribution in [3.8, 4) is 0 Å². The van der Waals surface area contributed by atoms with Crippen LogP contribution in [0.4, 0.5) is 0 Å². The van der Waals surface area contributed by atoms with Crippen molar-refractivity contribution >= 4 is 11.8 Å². The van der Waals surface area contributed by atoms with Crippen LogP contribution in [0.1, 0.15) is 5.56 Å². The summed E-state index contributed by atoms with van der Waals surface area (Å²) in [7, 11) is 0. The van der Waals surface area contributed by atoms with E-state index in [-0.39, 0.29) is 24.9 Å². The van der Waals surface area contributed by atoms with Crippen molar-refractivity contribution < 1.29 is 14.4 Å². The normalized spacial score (nSPS) is 16.1. The minimum Gasteiger partial charge on any atom is -0.345 e. The third kappa shape index (κ3) is 2.58. The monoisotopic (exact) mass is 220 g/mol. The van der Waals surface area contributed by atoms with Crippen LogP contribution in [0.25, 0.3) is 0 Å². The molecule has 0 unspecified atom stereocenters. The Kier molecular flexibility index (Phi) is 3.16. The molecule has 1 aromatic carbocycles. The summed E-state index contributed by atoms with van der Waals surface area (Å²) in [5.41, 5.74) is 0.960. The van der Waals surface area contributed by atoms with Gasteiger partial charge in [-0.2, -0.15) is 0 Å². The van der Waals surface area contributed by atoms with E-state index >= 15 is 0 Å². The Morgan fingerprint density at radius 3 is 2.75 bits per heavy atom. The summed E-state index contributed by atoms with van der Waals surface area (Å²) in [6.45, 7) is 0.263. The van der Waals surface area contributed by atoms with E-state index < -0.39 is 0 Å². The Balaban J connectivity index is 1.90. The molecular formula is C11H12N2O3. The lowest BCUT2D eigenvalue weighted by Crippen LogP contribution is -2.51. The molecule has 16 heavy (non-hydrogen) atoms. The van der Waals surface area contributed by atoms with Crippen molar-refractivity contribution in [1.29, 1.82) is 0 Å². The first-order valence-corrected chi connectivity index (χ1v) is 4.99.